The highest BCUT2D eigenvalue weighted by molar-refractivity contribution is 6.34. The fourth-order valence-corrected chi connectivity index (χ4v) is 1.59. The molecule has 0 saturated heterocycles. The van der Waals surface area contributed by atoms with Gasteiger partial charge in [0.2, 0.25) is 0 Å². The number of carbonyl (C=O) groups is 1. The van der Waals surface area contributed by atoms with E-state index in [1.54, 1.807) is 13.0 Å². The monoisotopic (exact) mass is 238 g/mol. The minimum absolute atomic E-state index is 0.141. The highest BCUT2D eigenvalue weighted by Crippen LogP contribution is 2.21. The number of halogens is 2. The van der Waals surface area contributed by atoms with Gasteiger partial charge >= 0.3 is 0 Å². The third-order valence-corrected chi connectivity index (χ3v) is 2.50. The standard InChI is InChI=1S/C12H8ClFO2/c1-7-4-8(6-16-7)12(15)10-5-9(14)2-3-11(10)13/h2-6H,1H3. The average Bonchev–Trinajstić information content (AvgIpc) is 2.67. The Hall–Kier alpha value is -1.61. The summed E-state index contributed by atoms with van der Waals surface area (Å²) < 4.78 is 18.0. The zero-order valence-corrected chi connectivity index (χ0v) is 9.22. The Morgan fingerprint density at radius 2 is 2.12 bits per heavy atom. The molecule has 0 bridgehead atoms. The maximum atomic E-state index is 13.0. The van der Waals surface area contributed by atoms with E-state index in [1.807, 2.05) is 0 Å². The van der Waals surface area contributed by atoms with Crippen molar-refractivity contribution in [2.24, 2.45) is 0 Å². The topological polar surface area (TPSA) is 30.2 Å². The molecule has 2 rings (SSSR count). The molecule has 0 saturated carbocycles. The van der Waals surface area contributed by atoms with Gasteiger partial charge in [-0.15, -0.1) is 0 Å². The van der Waals surface area contributed by atoms with Crippen molar-refractivity contribution in [3.63, 3.8) is 0 Å². The SMILES string of the molecule is Cc1cc(C(=O)c2cc(F)ccc2Cl)co1. The Morgan fingerprint density at radius 1 is 1.38 bits per heavy atom. The second-order valence-corrected chi connectivity index (χ2v) is 3.81. The van der Waals surface area contributed by atoms with Gasteiger partial charge in [0, 0.05) is 5.56 Å². The number of ketones is 1. The van der Waals surface area contributed by atoms with Crippen LogP contribution in [-0.2, 0) is 0 Å². The van der Waals surface area contributed by atoms with E-state index in [2.05, 4.69) is 0 Å². The van der Waals surface area contributed by atoms with Gasteiger partial charge in [0.1, 0.15) is 17.8 Å². The molecule has 0 fully saturated rings. The van der Waals surface area contributed by atoms with E-state index in [9.17, 15) is 9.18 Å². The van der Waals surface area contributed by atoms with Crippen LogP contribution in [0.1, 0.15) is 21.7 Å². The van der Waals surface area contributed by atoms with Crippen molar-refractivity contribution in [1.29, 1.82) is 0 Å². The van der Waals surface area contributed by atoms with Crippen LogP contribution in [0.3, 0.4) is 0 Å². The van der Waals surface area contributed by atoms with Gasteiger partial charge in [0.05, 0.1) is 10.6 Å². The van der Waals surface area contributed by atoms with Gasteiger partial charge in [-0.25, -0.2) is 4.39 Å². The van der Waals surface area contributed by atoms with Crippen molar-refractivity contribution in [3.05, 3.63) is 58.3 Å². The summed E-state index contributed by atoms with van der Waals surface area (Å²) in [5.74, 6) is -0.217. The van der Waals surface area contributed by atoms with Crippen LogP contribution in [-0.4, -0.2) is 5.78 Å². The molecule has 0 N–H and O–H groups in total. The molecule has 2 aromatic rings. The second-order valence-electron chi connectivity index (χ2n) is 3.40. The van der Waals surface area contributed by atoms with Crippen molar-refractivity contribution < 1.29 is 13.6 Å². The van der Waals surface area contributed by atoms with Crippen molar-refractivity contribution >= 4 is 17.4 Å². The predicted molar refractivity (Wildman–Crippen MR) is 58.3 cm³/mol. The molecule has 0 aliphatic heterocycles. The molecule has 0 aliphatic rings. The van der Waals surface area contributed by atoms with Crippen LogP contribution in [0.25, 0.3) is 0 Å². The van der Waals surface area contributed by atoms with E-state index in [1.165, 1.54) is 18.4 Å². The molecule has 82 valence electrons. The van der Waals surface area contributed by atoms with Crippen LogP contribution < -0.4 is 0 Å². The Kier molecular flexibility index (Phi) is 2.79. The summed E-state index contributed by atoms with van der Waals surface area (Å²) in [7, 11) is 0. The van der Waals surface area contributed by atoms with Crippen LogP contribution in [0, 0.1) is 12.7 Å². The molecule has 16 heavy (non-hydrogen) atoms. The summed E-state index contributed by atoms with van der Waals surface area (Å²) in [6, 6.07) is 5.27. The van der Waals surface area contributed by atoms with Crippen molar-refractivity contribution in [2.45, 2.75) is 6.92 Å². The first kappa shape index (κ1) is 10.9. The first-order valence-corrected chi connectivity index (χ1v) is 5.00. The molecule has 1 heterocycles. The number of hydrogen-bond donors (Lipinski definition) is 0. The summed E-state index contributed by atoms with van der Waals surface area (Å²) in [5.41, 5.74) is 0.507. The van der Waals surface area contributed by atoms with Crippen molar-refractivity contribution in [2.75, 3.05) is 0 Å². The quantitative estimate of drug-likeness (QED) is 0.748. The van der Waals surface area contributed by atoms with Crippen LogP contribution in [0.15, 0.2) is 34.9 Å². The fourth-order valence-electron chi connectivity index (χ4n) is 1.39. The minimum atomic E-state index is -0.493. The molecule has 0 radical (unpaired) electrons. The summed E-state index contributed by atoms with van der Waals surface area (Å²) >= 11 is 5.83. The summed E-state index contributed by atoms with van der Waals surface area (Å²) in [6.45, 7) is 1.73. The summed E-state index contributed by atoms with van der Waals surface area (Å²) in [4.78, 5) is 11.9. The lowest BCUT2D eigenvalue weighted by atomic mass is 10.1. The first-order valence-electron chi connectivity index (χ1n) is 4.63. The van der Waals surface area contributed by atoms with Crippen LogP contribution in [0.5, 0.6) is 0 Å². The Morgan fingerprint density at radius 3 is 2.75 bits per heavy atom. The lowest BCUT2D eigenvalue weighted by Crippen LogP contribution is -2.01. The highest BCUT2D eigenvalue weighted by Gasteiger charge is 2.15. The maximum Gasteiger partial charge on any atom is 0.197 e. The van der Waals surface area contributed by atoms with E-state index >= 15 is 0 Å². The van der Waals surface area contributed by atoms with Crippen molar-refractivity contribution in [3.8, 4) is 0 Å². The van der Waals surface area contributed by atoms with E-state index in [0.29, 0.717) is 11.3 Å². The fraction of sp³-hybridized carbons (Fsp3) is 0.0833. The predicted octanol–water partition coefficient (Wildman–Crippen LogP) is 3.61. The smallest absolute Gasteiger partial charge is 0.197 e. The zero-order chi connectivity index (χ0) is 11.7. The van der Waals surface area contributed by atoms with Crippen LogP contribution >= 0.6 is 11.6 Å². The van der Waals surface area contributed by atoms with Gasteiger partial charge in [-0.2, -0.15) is 0 Å². The van der Waals surface area contributed by atoms with Crippen LogP contribution in [0.2, 0.25) is 5.02 Å². The zero-order valence-electron chi connectivity index (χ0n) is 8.46. The summed E-state index contributed by atoms with van der Waals surface area (Å²) in [5, 5.41) is 0.227. The van der Waals surface area contributed by atoms with Gasteiger partial charge < -0.3 is 4.42 Å². The Balaban J connectivity index is 2.45. The maximum absolute atomic E-state index is 13.0. The lowest BCUT2D eigenvalue weighted by molar-refractivity contribution is 0.103. The number of carbonyl (C=O) groups excluding carboxylic acids is 1. The molecule has 4 heteroatoms. The molecule has 1 aromatic heterocycles. The first-order chi connectivity index (χ1) is 7.58. The van der Waals surface area contributed by atoms with Gasteiger partial charge in [0.15, 0.2) is 5.78 Å². The molecule has 0 unspecified atom stereocenters. The third kappa shape index (κ3) is 1.99. The highest BCUT2D eigenvalue weighted by atomic mass is 35.5. The van der Waals surface area contributed by atoms with Crippen molar-refractivity contribution in [1.82, 2.24) is 0 Å². The number of furan rings is 1. The molecular formula is C12H8ClFO2. The summed E-state index contributed by atoms with van der Waals surface area (Å²) in [6.07, 6.45) is 1.33. The largest absolute Gasteiger partial charge is 0.469 e. The van der Waals surface area contributed by atoms with Gasteiger partial charge in [0.25, 0.3) is 0 Å². The van der Waals surface area contributed by atoms with E-state index in [0.717, 1.165) is 6.07 Å². The number of aryl methyl sites for hydroxylation is 1. The average molecular weight is 239 g/mol. The molecular weight excluding hydrogens is 231 g/mol. The van der Waals surface area contributed by atoms with Crippen LogP contribution in [0.4, 0.5) is 4.39 Å². The molecule has 0 aliphatic carbocycles. The molecule has 2 nitrogen and oxygen atoms in total. The van der Waals surface area contributed by atoms with Gasteiger partial charge in [-0.1, -0.05) is 11.6 Å². The molecule has 0 amide bonds. The molecule has 0 spiro atoms. The third-order valence-electron chi connectivity index (χ3n) is 2.17. The Labute approximate surface area is 96.6 Å². The van der Waals surface area contributed by atoms with Gasteiger partial charge in [-0.05, 0) is 31.2 Å². The molecule has 1 aromatic carbocycles. The van der Waals surface area contributed by atoms with Gasteiger partial charge in [-0.3, -0.25) is 4.79 Å². The second kappa shape index (κ2) is 4.10. The van der Waals surface area contributed by atoms with E-state index in [4.69, 9.17) is 16.0 Å². The molecule has 0 atom stereocenters. The minimum Gasteiger partial charge on any atom is -0.469 e. The van der Waals surface area contributed by atoms with E-state index < -0.39 is 5.82 Å². The number of rotatable bonds is 2. The van der Waals surface area contributed by atoms with E-state index in [-0.39, 0.29) is 16.4 Å². The Bertz CT molecular complexity index is 546. The number of benzene rings is 1. The lowest BCUT2D eigenvalue weighted by Gasteiger charge is -2.01. The number of hydrogen-bond acceptors (Lipinski definition) is 2. The normalized spacial score (nSPS) is 10.4.